The van der Waals surface area contributed by atoms with Gasteiger partial charge in [-0.1, -0.05) is 37.3 Å². The Morgan fingerprint density at radius 3 is 2.67 bits per heavy atom. The molecule has 0 fully saturated rings. The van der Waals surface area contributed by atoms with Gasteiger partial charge in [0.2, 0.25) is 0 Å². The summed E-state index contributed by atoms with van der Waals surface area (Å²) >= 11 is 0. The van der Waals surface area contributed by atoms with Gasteiger partial charge in [0.15, 0.2) is 0 Å². The standard InChI is InChI=1S/C18H27N3/c1-3-12-19-15-17(14-16-7-5-4-6-8-16)9-10-18-11-13-20-21(18)2/h4-8,11,13,17,19H,3,9-10,12,14-15H2,1-2H3. The highest BCUT2D eigenvalue weighted by Gasteiger charge is 2.11. The van der Waals surface area contributed by atoms with Crippen molar-refractivity contribution < 1.29 is 0 Å². The molecule has 3 nitrogen and oxygen atoms in total. The molecule has 0 aliphatic heterocycles. The Morgan fingerprint density at radius 2 is 2.00 bits per heavy atom. The quantitative estimate of drug-likeness (QED) is 0.717. The zero-order valence-corrected chi connectivity index (χ0v) is 13.3. The highest BCUT2D eigenvalue weighted by atomic mass is 15.2. The number of benzene rings is 1. The largest absolute Gasteiger partial charge is 0.316 e. The Labute approximate surface area is 128 Å². The third-order valence-electron chi connectivity index (χ3n) is 3.96. The summed E-state index contributed by atoms with van der Waals surface area (Å²) in [5.41, 5.74) is 2.76. The van der Waals surface area contributed by atoms with Gasteiger partial charge in [-0.3, -0.25) is 4.68 Å². The lowest BCUT2D eigenvalue weighted by molar-refractivity contribution is 0.438. The molecule has 0 aliphatic carbocycles. The lowest BCUT2D eigenvalue weighted by Crippen LogP contribution is -2.25. The number of hydrogen-bond acceptors (Lipinski definition) is 2. The molecule has 0 spiro atoms. The number of hydrogen-bond donors (Lipinski definition) is 1. The van der Waals surface area contributed by atoms with Gasteiger partial charge in [0.1, 0.15) is 0 Å². The van der Waals surface area contributed by atoms with E-state index < -0.39 is 0 Å². The van der Waals surface area contributed by atoms with E-state index in [0.29, 0.717) is 5.92 Å². The Kier molecular flexibility index (Phi) is 6.48. The van der Waals surface area contributed by atoms with Crippen LogP contribution >= 0.6 is 0 Å². The molecule has 0 aliphatic rings. The first-order valence-corrected chi connectivity index (χ1v) is 8.01. The van der Waals surface area contributed by atoms with Crippen LogP contribution in [-0.2, 0) is 19.9 Å². The molecule has 1 N–H and O–H groups in total. The van der Waals surface area contributed by atoms with Crippen molar-refractivity contribution in [1.82, 2.24) is 15.1 Å². The summed E-state index contributed by atoms with van der Waals surface area (Å²) in [4.78, 5) is 0. The molecular weight excluding hydrogens is 258 g/mol. The summed E-state index contributed by atoms with van der Waals surface area (Å²) in [6.45, 7) is 4.42. The predicted octanol–water partition coefficient (Wildman–Crippen LogP) is 3.21. The third kappa shape index (κ3) is 5.35. The lowest BCUT2D eigenvalue weighted by Gasteiger charge is -2.18. The molecular formula is C18H27N3. The fourth-order valence-corrected chi connectivity index (χ4v) is 2.71. The monoisotopic (exact) mass is 285 g/mol. The number of aryl methyl sites for hydroxylation is 2. The van der Waals surface area contributed by atoms with Crippen molar-refractivity contribution in [3.63, 3.8) is 0 Å². The molecule has 1 aromatic carbocycles. The van der Waals surface area contributed by atoms with Crippen LogP contribution in [0.25, 0.3) is 0 Å². The van der Waals surface area contributed by atoms with Crippen molar-refractivity contribution in [3.05, 3.63) is 53.9 Å². The van der Waals surface area contributed by atoms with Crippen LogP contribution in [0.5, 0.6) is 0 Å². The molecule has 0 saturated heterocycles. The van der Waals surface area contributed by atoms with Crippen LogP contribution in [0.1, 0.15) is 31.0 Å². The number of aromatic nitrogens is 2. The highest BCUT2D eigenvalue weighted by Crippen LogP contribution is 2.15. The minimum atomic E-state index is 0.675. The maximum atomic E-state index is 4.26. The Bertz CT molecular complexity index is 504. The first-order chi connectivity index (χ1) is 10.3. The maximum absolute atomic E-state index is 4.26. The van der Waals surface area contributed by atoms with E-state index in [0.717, 1.165) is 25.9 Å². The van der Waals surface area contributed by atoms with Crippen LogP contribution in [0, 0.1) is 5.92 Å². The van der Waals surface area contributed by atoms with Crippen molar-refractivity contribution in [3.8, 4) is 0 Å². The van der Waals surface area contributed by atoms with Crippen molar-refractivity contribution in [2.45, 2.75) is 32.6 Å². The van der Waals surface area contributed by atoms with Gasteiger partial charge in [0.05, 0.1) is 0 Å². The van der Waals surface area contributed by atoms with E-state index in [4.69, 9.17) is 0 Å². The van der Waals surface area contributed by atoms with Gasteiger partial charge < -0.3 is 5.32 Å². The van der Waals surface area contributed by atoms with Crippen molar-refractivity contribution >= 4 is 0 Å². The highest BCUT2D eigenvalue weighted by molar-refractivity contribution is 5.15. The average Bonchev–Trinajstić information content (AvgIpc) is 2.91. The number of rotatable bonds is 9. The summed E-state index contributed by atoms with van der Waals surface area (Å²) in [6, 6.07) is 12.9. The molecule has 2 rings (SSSR count). The van der Waals surface area contributed by atoms with Crippen molar-refractivity contribution in [2.24, 2.45) is 13.0 Å². The molecule has 2 aromatic rings. The van der Waals surface area contributed by atoms with Gasteiger partial charge in [0, 0.05) is 18.9 Å². The summed E-state index contributed by atoms with van der Waals surface area (Å²) in [7, 11) is 2.02. The van der Waals surface area contributed by atoms with Gasteiger partial charge in [-0.25, -0.2) is 0 Å². The molecule has 0 radical (unpaired) electrons. The van der Waals surface area contributed by atoms with E-state index >= 15 is 0 Å². The molecule has 0 saturated carbocycles. The van der Waals surface area contributed by atoms with Crippen LogP contribution in [0.4, 0.5) is 0 Å². The second-order valence-electron chi connectivity index (χ2n) is 5.74. The topological polar surface area (TPSA) is 29.9 Å². The second kappa shape index (κ2) is 8.63. The second-order valence-corrected chi connectivity index (χ2v) is 5.74. The molecule has 0 amide bonds. The molecule has 114 valence electrons. The third-order valence-corrected chi connectivity index (χ3v) is 3.96. The zero-order chi connectivity index (χ0) is 14.9. The minimum Gasteiger partial charge on any atom is -0.316 e. The van der Waals surface area contributed by atoms with Gasteiger partial charge in [-0.05, 0) is 56.3 Å². The van der Waals surface area contributed by atoms with Crippen LogP contribution in [0.2, 0.25) is 0 Å². The Balaban J connectivity index is 1.90. The van der Waals surface area contributed by atoms with Crippen LogP contribution in [0.15, 0.2) is 42.6 Å². The van der Waals surface area contributed by atoms with Crippen LogP contribution in [0.3, 0.4) is 0 Å². The van der Waals surface area contributed by atoms with E-state index in [2.05, 4.69) is 53.7 Å². The molecule has 1 aromatic heterocycles. The lowest BCUT2D eigenvalue weighted by atomic mass is 9.94. The van der Waals surface area contributed by atoms with Gasteiger partial charge in [0.25, 0.3) is 0 Å². The molecule has 1 unspecified atom stereocenters. The fraction of sp³-hybridized carbons (Fsp3) is 0.500. The van der Waals surface area contributed by atoms with E-state index in [1.807, 2.05) is 17.9 Å². The first-order valence-electron chi connectivity index (χ1n) is 8.01. The summed E-state index contributed by atoms with van der Waals surface area (Å²) in [5, 5.41) is 7.83. The Morgan fingerprint density at radius 1 is 1.19 bits per heavy atom. The number of nitrogens with zero attached hydrogens (tertiary/aromatic N) is 2. The predicted molar refractivity (Wildman–Crippen MR) is 88.3 cm³/mol. The van der Waals surface area contributed by atoms with E-state index in [-0.39, 0.29) is 0 Å². The van der Waals surface area contributed by atoms with E-state index in [1.165, 1.54) is 24.1 Å². The van der Waals surface area contributed by atoms with Gasteiger partial charge in [-0.15, -0.1) is 0 Å². The summed E-state index contributed by atoms with van der Waals surface area (Å²) < 4.78 is 1.99. The van der Waals surface area contributed by atoms with Crippen LogP contribution in [-0.4, -0.2) is 22.9 Å². The number of nitrogens with one attached hydrogen (secondary N) is 1. The smallest absolute Gasteiger partial charge is 0.0492 e. The SMILES string of the molecule is CCCNCC(CCc1ccnn1C)Cc1ccccc1. The molecule has 1 heterocycles. The molecule has 0 bridgehead atoms. The summed E-state index contributed by atoms with van der Waals surface area (Å²) in [5.74, 6) is 0.675. The minimum absolute atomic E-state index is 0.675. The molecule has 1 atom stereocenters. The molecule has 21 heavy (non-hydrogen) atoms. The van der Waals surface area contributed by atoms with Crippen molar-refractivity contribution in [2.75, 3.05) is 13.1 Å². The maximum Gasteiger partial charge on any atom is 0.0492 e. The average molecular weight is 285 g/mol. The van der Waals surface area contributed by atoms with Crippen LogP contribution < -0.4 is 5.32 Å². The van der Waals surface area contributed by atoms with Crippen molar-refractivity contribution in [1.29, 1.82) is 0 Å². The van der Waals surface area contributed by atoms with E-state index in [1.54, 1.807) is 0 Å². The first kappa shape index (κ1) is 15.8. The molecule has 3 heteroatoms. The summed E-state index contributed by atoms with van der Waals surface area (Å²) in [6.07, 6.45) is 6.53. The normalized spacial score (nSPS) is 12.5. The van der Waals surface area contributed by atoms with Gasteiger partial charge >= 0.3 is 0 Å². The fourth-order valence-electron chi connectivity index (χ4n) is 2.71. The van der Waals surface area contributed by atoms with Gasteiger partial charge in [-0.2, -0.15) is 5.10 Å². The van der Waals surface area contributed by atoms with E-state index in [9.17, 15) is 0 Å². The Hall–Kier alpha value is -1.61. The zero-order valence-electron chi connectivity index (χ0n) is 13.3.